The number of amides is 1. The molecule has 0 aliphatic heterocycles. The number of ether oxygens (including phenoxy) is 1. The fourth-order valence-corrected chi connectivity index (χ4v) is 3.39. The van der Waals surface area contributed by atoms with Crippen LogP contribution in [0.4, 0.5) is 0 Å². The zero-order valence-electron chi connectivity index (χ0n) is 16.9. The molecule has 30 heavy (non-hydrogen) atoms. The number of furan rings is 1. The lowest BCUT2D eigenvalue weighted by atomic mass is 9.99. The van der Waals surface area contributed by atoms with Gasteiger partial charge in [-0.15, -0.1) is 0 Å². The van der Waals surface area contributed by atoms with Gasteiger partial charge in [-0.25, -0.2) is 0 Å². The van der Waals surface area contributed by atoms with Gasteiger partial charge in [0, 0.05) is 47.6 Å². The molecular weight excluding hydrogens is 376 g/mol. The number of nitrogens with zero attached hydrogens (tertiary/aromatic N) is 1. The second-order valence-electron chi connectivity index (χ2n) is 6.96. The van der Waals surface area contributed by atoms with Crippen LogP contribution in [0, 0.1) is 0 Å². The first-order valence-corrected chi connectivity index (χ1v) is 9.66. The van der Waals surface area contributed by atoms with E-state index in [4.69, 9.17) is 9.15 Å². The summed E-state index contributed by atoms with van der Waals surface area (Å²) in [7, 11) is 1.61. The van der Waals surface area contributed by atoms with E-state index in [-0.39, 0.29) is 5.91 Å². The minimum atomic E-state index is -0.165. The van der Waals surface area contributed by atoms with Gasteiger partial charge < -0.3 is 14.5 Å². The average molecular weight is 398 g/mol. The molecule has 0 aliphatic rings. The molecule has 1 amide bonds. The molecule has 4 aromatic rings. The van der Waals surface area contributed by atoms with Crippen LogP contribution in [0.5, 0.6) is 5.75 Å². The van der Waals surface area contributed by atoms with E-state index in [1.54, 1.807) is 31.8 Å². The highest BCUT2D eigenvalue weighted by Crippen LogP contribution is 2.37. The first-order valence-electron chi connectivity index (χ1n) is 9.66. The zero-order chi connectivity index (χ0) is 20.9. The number of rotatable bonds is 6. The molecular formula is C25H22N2O3. The predicted molar refractivity (Wildman–Crippen MR) is 118 cm³/mol. The van der Waals surface area contributed by atoms with Crippen LogP contribution >= 0.6 is 0 Å². The molecule has 5 heteroatoms. The number of carbonyl (C=O) groups is 1. The SMILES string of the molecule is COc1cc2occ(-c3ccccc3)c2cc1/C(C)=C/C(=O)NCc1ccncc1. The van der Waals surface area contributed by atoms with Crippen LogP contribution in [-0.2, 0) is 11.3 Å². The Morgan fingerprint density at radius 2 is 1.90 bits per heavy atom. The van der Waals surface area contributed by atoms with Gasteiger partial charge in [-0.05, 0) is 41.8 Å². The van der Waals surface area contributed by atoms with E-state index in [0.717, 1.165) is 38.8 Å². The molecule has 0 atom stereocenters. The van der Waals surface area contributed by atoms with Gasteiger partial charge in [0.1, 0.15) is 11.3 Å². The number of benzene rings is 2. The molecule has 0 fully saturated rings. The van der Waals surface area contributed by atoms with Crippen molar-refractivity contribution >= 4 is 22.4 Å². The zero-order valence-corrected chi connectivity index (χ0v) is 16.9. The van der Waals surface area contributed by atoms with Gasteiger partial charge in [-0.3, -0.25) is 9.78 Å². The molecule has 0 spiro atoms. The standard InChI is InChI=1S/C25H22N2O3/c1-17(12-25(28)27-15-18-8-10-26-11-9-18)20-13-21-22(19-6-4-3-5-7-19)16-30-24(21)14-23(20)29-2/h3-14,16H,15H2,1-2H3,(H,27,28)/b17-12+. The van der Waals surface area contributed by atoms with Crippen molar-refractivity contribution in [2.24, 2.45) is 0 Å². The van der Waals surface area contributed by atoms with E-state index in [0.29, 0.717) is 12.3 Å². The van der Waals surface area contributed by atoms with Crippen LogP contribution < -0.4 is 10.1 Å². The van der Waals surface area contributed by atoms with Gasteiger partial charge in [-0.1, -0.05) is 30.3 Å². The molecule has 2 heterocycles. The molecule has 2 aromatic heterocycles. The minimum Gasteiger partial charge on any atom is -0.496 e. The number of methoxy groups -OCH3 is 1. The number of hydrogen-bond donors (Lipinski definition) is 1. The van der Waals surface area contributed by atoms with Crippen molar-refractivity contribution in [3.8, 4) is 16.9 Å². The van der Waals surface area contributed by atoms with Gasteiger partial charge in [0.25, 0.3) is 0 Å². The van der Waals surface area contributed by atoms with Crippen LogP contribution in [0.15, 0.2) is 83.7 Å². The maximum Gasteiger partial charge on any atom is 0.244 e. The van der Waals surface area contributed by atoms with Crippen molar-refractivity contribution in [3.63, 3.8) is 0 Å². The first-order chi connectivity index (χ1) is 14.7. The number of pyridine rings is 1. The van der Waals surface area contributed by atoms with Gasteiger partial charge in [0.05, 0.1) is 13.4 Å². The first kappa shape index (κ1) is 19.5. The number of nitrogens with one attached hydrogen (secondary N) is 1. The van der Waals surface area contributed by atoms with Gasteiger partial charge in [-0.2, -0.15) is 0 Å². The average Bonchev–Trinajstić information content (AvgIpc) is 3.21. The lowest BCUT2D eigenvalue weighted by Gasteiger charge is -2.10. The van der Waals surface area contributed by atoms with Crippen molar-refractivity contribution < 1.29 is 13.9 Å². The van der Waals surface area contributed by atoms with Gasteiger partial charge in [0.2, 0.25) is 5.91 Å². The second-order valence-corrected chi connectivity index (χ2v) is 6.96. The van der Waals surface area contributed by atoms with Crippen LogP contribution in [0.25, 0.3) is 27.7 Å². The minimum absolute atomic E-state index is 0.165. The Labute approximate surface area is 175 Å². The second kappa shape index (κ2) is 8.66. The van der Waals surface area contributed by atoms with Gasteiger partial charge >= 0.3 is 0 Å². The summed E-state index contributed by atoms with van der Waals surface area (Å²) in [5, 5.41) is 3.88. The summed E-state index contributed by atoms with van der Waals surface area (Å²) < 4.78 is 11.3. The number of hydrogen-bond acceptors (Lipinski definition) is 4. The van der Waals surface area contributed by atoms with E-state index in [9.17, 15) is 4.79 Å². The summed E-state index contributed by atoms with van der Waals surface area (Å²) in [6, 6.07) is 17.7. The number of allylic oxidation sites excluding steroid dienone is 1. The van der Waals surface area contributed by atoms with Crippen LogP contribution in [0.1, 0.15) is 18.1 Å². The molecule has 0 saturated carbocycles. The highest BCUT2D eigenvalue weighted by atomic mass is 16.5. The third kappa shape index (κ3) is 4.10. The normalized spacial score (nSPS) is 11.5. The largest absolute Gasteiger partial charge is 0.496 e. The lowest BCUT2D eigenvalue weighted by molar-refractivity contribution is -0.116. The molecule has 0 saturated heterocycles. The summed E-state index contributed by atoms with van der Waals surface area (Å²) in [5.41, 5.74) is 5.47. The summed E-state index contributed by atoms with van der Waals surface area (Å²) in [4.78, 5) is 16.4. The van der Waals surface area contributed by atoms with E-state index in [1.807, 2.05) is 61.5 Å². The predicted octanol–water partition coefficient (Wildman–Crippen LogP) is 5.22. The maximum absolute atomic E-state index is 12.4. The number of aromatic nitrogens is 1. The Morgan fingerprint density at radius 3 is 2.63 bits per heavy atom. The van der Waals surface area contributed by atoms with E-state index in [1.165, 1.54) is 0 Å². The highest BCUT2D eigenvalue weighted by molar-refractivity contribution is 6.00. The summed E-state index contributed by atoms with van der Waals surface area (Å²) in [5.74, 6) is 0.495. The molecule has 150 valence electrons. The van der Waals surface area contributed by atoms with E-state index in [2.05, 4.69) is 10.3 Å². The van der Waals surface area contributed by atoms with Crippen molar-refractivity contribution in [2.75, 3.05) is 7.11 Å². The molecule has 0 bridgehead atoms. The van der Waals surface area contributed by atoms with Crippen molar-refractivity contribution in [2.45, 2.75) is 13.5 Å². The molecule has 1 N–H and O–H groups in total. The molecule has 4 rings (SSSR count). The summed E-state index contributed by atoms with van der Waals surface area (Å²) in [6.45, 7) is 2.35. The van der Waals surface area contributed by atoms with Gasteiger partial charge in [0.15, 0.2) is 0 Å². The monoisotopic (exact) mass is 398 g/mol. The smallest absolute Gasteiger partial charge is 0.244 e. The quantitative estimate of drug-likeness (QED) is 0.452. The number of carbonyl (C=O) groups excluding carboxylic acids is 1. The molecule has 0 radical (unpaired) electrons. The number of fused-ring (bicyclic) bond motifs is 1. The Bertz CT molecular complexity index is 1200. The third-order valence-corrected chi connectivity index (χ3v) is 4.97. The molecule has 0 aliphatic carbocycles. The summed E-state index contributed by atoms with van der Waals surface area (Å²) in [6.07, 6.45) is 6.76. The van der Waals surface area contributed by atoms with Crippen LogP contribution in [0.2, 0.25) is 0 Å². The molecule has 2 aromatic carbocycles. The Hall–Kier alpha value is -3.86. The lowest BCUT2D eigenvalue weighted by Crippen LogP contribution is -2.20. The topological polar surface area (TPSA) is 64.4 Å². The van der Waals surface area contributed by atoms with Crippen LogP contribution in [-0.4, -0.2) is 18.0 Å². The third-order valence-electron chi connectivity index (χ3n) is 4.97. The van der Waals surface area contributed by atoms with Crippen LogP contribution in [0.3, 0.4) is 0 Å². The highest BCUT2D eigenvalue weighted by Gasteiger charge is 2.14. The fourth-order valence-electron chi connectivity index (χ4n) is 3.39. The van der Waals surface area contributed by atoms with Crippen molar-refractivity contribution in [1.82, 2.24) is 10.3 Å². The van der Waals surface area contributed by atoms with Crippen molar-refractivity contribution in [3.05, 3.63) is 90.5 Å². The van der Waals surface area contributed by atoms with E-state index < -0.39 is 0 Å². The fraction of sp³-hybridized carbons (Fsp3) is 0.120. The van der Waals surface area contributed by atoms with Crippen molar-refractivity contribution in [1.29, 1.82) is 0 Å². The maximum atomic E-state index is 12.4. The Balaban J connectivity index is 1.64. The Kier molecular flexibility index (Phi) is 5.61. The Morgan fingerprint density at radius 1 is 1.13 bits per heavy atom. The molecule has 5 nitrogen and oxygen atoms in total. The summed E-state index contributed by atoms with van der Waals surface area (Å²) >= 11 is 0. The molecule has 0 unspecified atom stereocenters. The van der Waals surface area contributed by atoms with E-state index >= 15 is 0 Å².